The summed E-state index contributed by atoms with van der Waals surface area (Å²) in [4.78, 5) is 12.4. The lowest BCUT2D eigenvalue weighted by atomic mass is 9.82. The van der Waals surface area contributed by atoms with E-state index in [4.69, 9.17) is 10.5 Å². The molecule has 6 nitrogen and oxygen atoms in total. The van der Waals surface area contributed by atoms with Gasteiger partial charge in [0, 0.05) is 6.42 Å². The van der Waals surface area contributed by atoms with E-state index in [1.165, 1.54) is 11.3 Å². The molecule has 1 heterocycles. The average Bonchev–Trinajstić information content (AvgIpc) is 3.02. The van der Waals surface area contributed by atoms with E-state index in [1.54, 1.807) is 7.11 Å². The number of nitrogens with zero attached hydrogens (tertiary/aromatic N) is 2. The van der Waals surface area contributed by atoms with Crippen LogP contribution >= 0.6 is 11.3 Å². The fourth-order valence-corrected chi connectivity index (χ4v) is 3.73. The third-order valence-corrected chi connectivity index (χ3v) is 5.21. The van der Waals surface area contributed by atoms with Crippen molar-refractivity contribution >= 4 is 22.4 Å². The van der Waals surface area contributed by atoms with Crippen molar-refractivity contribution in [3.8, 4) is 5.75 Å². The lowest BCUT2D eigenvalue weighted by molar-refractivity contribution is -0.122. The van der Waals surface area contributed by atoms with Crippen molar-refractivity contribution in [1.82, 2.24) is 10.2 Å². The predicted octanol–water partition coefficient (Wildman–Crippen LogP) is 2.74. The van der Waals surface area contributed by atoms with Gasteiger partial charge < -0.3 is 10.5 Å². The van der Waals surface area contributed by atoms with Gasteiger partial charge >= 0.3 is 0 Å². The molecule has 0 spiro atoms. The Morgan fingerprint density at radius 3 is 2.88 bits per heavy atom. The summed E-state index contributed by atoms with van der Waals surface area (Å²) in [6, 6.07) is 7.83. The van der Waals surface area contributed by atoms with Gasteiger partial charge in [-0.05, 0) is 30.5 Å². The quantitative estimate of drug-likeness (QED) is 0.869. The van der Waals surface area contributed by atoms with Gasteiger partial charge in [-0.15, -0.1) is 10.2 Å². The zero-order valence-electron chi connectivity index (χ0n) is 13.7. The summed E-state index contributed by atoms with van der Waals surface area (Å²) in [5.41, 5.74) is 6.57. The minimum atomic E-state index is -0.767. The number of anilines is 1. The molecule has 1 fully saturated rings. The zero-order chi connectivity index (χ0) is 17.0. The normalized spacial score (nSPS) is 16.6. The summed E-state index contributed by atoms with van der Waals surface area (Å²) in [6.07, 6.45) is 5.26. The van der Waals surface area contributed by atoms with Gasteiger partial charge in [-0.3, -0.25) is 10.1 Å². The van der Waals surface area contributed by atoms with Gasteiger partial charge in [0.05, 0.1) is 12.6 Å². The monoisotopic (exact) mass is 346 g/mol. The number of rotatable bonds is 5. The summed E-state index contributed by atoms with van der Waals surface area (Å²) >= 11 is 1.38. The maximum Gasteiger partial charge on any atom is 0.246 e. The molecule has 1 aromatic carbocycles. The number of amides is 1. The predicted molar refractivity (Wildman–Crippen MR) is 94.3 cm³/mol. The van der Waals surface area contributed by atoms with Crippen LogP contribution in [0.25, 0.3) is 0 Å². The van der Waals surface area contributed by atoms with E-state index in [1.807, 2.05) is 24.3 Å². The lowest BCUT2D eigenvalue weighted by Gasteiger charge is -2.31. The van der Waals surface area contributed by atoms with Crippen LogP contribution in [0, 0.1) is 0 Å². The van der Waals surface area contributed by atoms with E-state index in [9.17, 15) is 4.79 Å². The van der Waals surface area contributed by atoms with Gasteiger partial charge in [0.1, 0.15) is 10.8 Å². The van der Waals surface area contributed by atoms with E-state index in [2.05, 4.69) is 15.5 Å². The lowest BCUT2D eigenvalue weighted by Crippen LogP contribution is -2.52. The van der Waals surface area contributed by atoms with Crippen LogP contribution in [0.5, 0.6) is 5.75 Å². The molecule has 0 atom stereocenters. The maximum absolute atomic E-state index is 12.4. The Kier molecular flexibility index (Phi) is 5.11. The van der Waals surface area contributed by atoms with E-state index >= 15 is 0 Å². The number of nitrogens with two attached hydrogens (primary N) is 1. The Hall–Kier alpha value is -1.99. The number of hydrogen-bond donors (Lipinski definition) is 2. The highest BCUT2D eigenvalue weighted by Crippen LogP contribution is 2.28. The standard InChI is InChI=1S/C17H22N4O2S/c1-23-13-7-5-6-12(10-13)11-14-20-21-16(24-14)19-15(22)17(18)8-3-2-4-9-17/h5-7,10H,2-4,8-9,11,18H2,1H3,(H,19,21,22). The van der Waals surface area contributed by atoms with Crippen molar-refractivity contribution < 1.29 is 9.53 Å². The summed E-state index contributed by atoms with van der Waals surface area (Å²) in [7, 11) is 1.64. The minimum absolute atomic E-state index is 0.147. The van der Waals surface area contributed by atoms with Crippen LogP contribution in [0.3, 0.4) is 0 Å². The van der Waals surface area contributed by atoms with Crippen molar-refractivity contribution in [3.05, 3.63) is 34.8 Å². The Morgan fingerprint density at radius 1 is 1.33 bits per heavy atom. The third-order valence-electron chi connectivity index (χ3n) is 4.37. The molecule has 3 N–H and O–H groups in total. The van der Waals surface area contributed by atoms with Gasteiger partial charge in [-0.2, -0.15) is 0 Å². The number of carbonyl (C=O) groups is 1. The molecule has 1 aliphatic carbocycles. The van der Waals surface area contributed by atoms with Crippen molar-refractivity contribution in [2.45, 2.75) is 44.1 Å². The van der Waals surface area contributed by atoms with Crippen molar-refractivity contribution in [2.24, 2.45) is 5.73 Å². The van der Waals surface area contributed by atoms with E-state index in [-0.39, 0.29) is 5.91 Å². The number of benzene rings is 1. The highest BCUT2D eigenvalue weighted by Gasteiger charge is 2.35. The second kappa shape index (κ2) is 7.27. The van der Waals surface area contributed by atoms with Crippen LogP contribution in [0.2, 0.25) is 0 Å². The molecule has 0 unspecified atom stereocenters. The van der Waals surface area contributed by atoms with Gasteiger partial charge in [-0.1, -0.05) is 42.7 Å². The van der Waals surface area contributed by atoms with Crippen molar-refractivity contribution in [1.29, 1.82) is 0 Å². The third kappa shape index (κ3) is 3.91. The van der Waals surface area contributed by atoms with Crippen LogP contribution in [-0.4, -0.2) is 28.8 Å². The number of methoxy groups -OCH3 is 1. The Labute approximate surface area is 145 Å². The van der Waals surface area contributed by atoms with Crippen LogP contribution in [-0.2, 0) is 11.2 Å². The molecule has 0 bridgehead atoms. The van der Waals surface area contributed by atoms with E-state index in [0.717, 1.165) is 48.4 Å². The van der Waals surface area contributed by atoms with Crippen LogP contribution in [0.15, 0.2) is 24.3 Å². The first kappa shape index (κ1) is 16.9. The fraction of sp³-hybridized carbons (Fsp3) is 0.471. The van der Waals surface area contributed by atoms with Crippen molar-refractivity contribution in [2.75, 3.05) is 12.4 Å². The second-order valence-corrected chi connectivity index (χ2v) is 7.26. The Bertz CT molecular complexity index is 710. The van der Waals surface area contributed by atoms with Gasteiger partial charge in [0.25, 0.3) is 0 Å². The fourth-order valence-electron chi connectivity index (χ4n) is 2.96. The molecule has 3 rings (SSSR count). The first-order valence-corrected chi connectivity index (χ1v) is 8.96. The number of aromatic nitrogens is 2. The topological polar surface area (TPSA) is 90.1 Å². The summed E-state index contributed by atoms with van der Waals surface area (Å²) in [6.45, 7) is 0. The smallest absolute Gasteiger partial charge is 0.246 e. The van der Waals surface area contributed by atoms with Gasteiger partial charge in [-0.25, -0.2) is 0 Å². The number of nitrogens with one attached hydrogen (secondary N) is 1. The largest absolute Gasteiger partial charge is 0.497 e. The molecule has 7 heteroatoms. The first-order chi connectivity index (χ1) is 11.6. The SMILES string of the molecule is COc1cccc(Cc2nnc(NC(=O)C3(N)CCCCC3)s2)c1. The van der Waals surface area contributed by atoms with Crippen LogP contribution in [0.1, 0.15) is 42.7 Å². The Morgan fingerprint density at radius 2 is 2.12 bits per heavy atom. The first-order valence-electron chi connectivity index (χ1n) is 8.15. The maximum atomic E-state index is 12.4. The zero-order valence-corrected chi connectivity index (χ0v) is 14.6. The molecule has 1 aliphatic rings. The molecular formula is C17H22N4O2S. The van der Waals surface area contributed by atoms with E-state index in [0.29, 0.717) is 11.6 Å². The average molecular weight is 346 g/mol. The van der Waals surface area contributed by atoms with E-state index < -0.39 is 5.54 Å². The van der Waals surface area contributed by atoms with Crippen LogP contribution < -0.4 is 15.8 Å². The molecule has 1 amide bonds. The van der Waals surface area contributed by atoms with Crippen molar-refractivity contribution in [3.63, 3.8) is 0 Å². The molecular weight excluding hydrogens is 324 g/mol. The number of ether oxygens (including phenoxy) is 1. The molecule has 2 aromatic rings. The molecule has 0 aliphatic heterocycles. The molecule has 1 aromatic heterocycles. The molecule has 24 heavy (non-hydrogen) atoms. The molecule has 0 radical (unpaired) electrons. The second-order valence-electron chi connectivity index (χ2n) is 6.20. The Balaban J connectivity index is 1.63. The van der Waals surface area contributed by atoms with Gasteiger partial charge in [0.15, 0.2) is 0 Å². The molecule has 1 saturated carbocycles. The number of hydrogen-bond acceptors (Lipinski definition) is 6. The minimum Gasteiger partial charge on any atom is -0.497 e. The van der Waals surface area contributed by atoms with Gasteiger partial charge in [0.2, 0.25) is 11.0 Å². The highest BCUT2D eigenvalue weighted by atomic mass is 32.1. The summed E-state index contributed by atoms with van der Waals surface area (Å²) in [5, 5.41) is 12.4. The number of carbonyl (C=O) groups excluding carboxylic acids is 1. The van der Waals surface area contributed by atoms with Crippen LogP contribution in [0.4, 0.5) is 5.13 Å². The summed E-state index contributed by atoms with van der Waals surface area (Å²) in [5.74, 6) is 0.666. The molecule has 0 saturated heterocycles. The summed E-state index contributed by atoms with van der Waals surface area (Å²) < 4.78 is 5.23. The highest BCUT2D eigenvalue weighted by molar-refractivity contribution is 7.15. The molecule has 128 valence electrons.